The van der Waals surface area contributed by atoms with E-state index in [1.54, 1.807) is 19.1 Å². The van der Waals surface area contributed by atoms with Crippen molar-refractivity contribution < 1.29 is 21.6 Å². The molecule has 0 aromatic heterocycles. The number of hydrogen-bond donors (Lipinski definition) is 1. The molecule has 156 valence electrons. The second kappa shape index (κ2) is 7.14. The van der Waals surface area contributed by atoms with E-state index in [1.165, 1.54) is 24.3 Å². The van der Waals surface area contributed by atoms with Crippen molar-refractivity contribution in [3.05, 3.63) is 54.1 Å². The molecule has 1 fully saturated rings. The number of amides is 1. The lowest BCUT2D eigenvalue weighted by atomic mass is 9.87. The van der Waals surface area contributed by atoms with E-state index in [0.717, 1.165) is 9.87 Å². The molecule has 1 saturated heterocycles. The molecule has 0 saturated carbocycles. The minimum atomic E-state index is -3.86. The maximum atomic E-state index is 12.6. The Labute approximate surface area is 171 Å². The number of sulfonamides is 2. The number of nitrogens with one attached hydrogen (secondary N) is 1. The summed E-state index contributed by atoms with van der Waals surface area (Å²) in [6.45, 7) is 7.76. The Bertz CT molecular complexity index is 1130. The molecule has 1 unspecified atom stereocenters. The predicted octanol–water partition coefficient (Wildman–Crippen LogP) is 3.10. The van der Waals surface area contributed by atoms with Crippen molar-refractivity contribution in [2.75, 3.05) is 14.8 Å². The van der Waals surface area contributed by atoms with Crippen LogP contribution in [0, 0.1) is 5.92 Å². The number of hydrogen-bond acceptors (Lipinski definition) is 5. The van der Waals surface area contributed by atoms with Crippen molar-refractivity contribution in [1.29, 1.82) is 0 Å². The Morgan fingerprint density at radius 1 is 1.00 bits per heavy atom. The van der Waals surface area contributed by atoms with Crippen LogP contribution in [0.4, 0.5) is 11.4 Å². The number of anilines is 2. The van der Waals surface area contributed by atoms with Gasteiger partial charge < -0.3 is 0 Å². The summed E-state index contributed by atoms with van der Waals surface area (Å²) in [5.41, 5.74) is 1.59. The summed E-state index contributed by atoms with van der Waals surface area (Å²) in [4.78, 5) is 12.1. The zero-order valence-electron chi connectivity index (χ0n) is 16.7. The SMILES string of the molecule is CC1CS(=O)(=O)N(c2ccc(S(=O)(=O)Nc3ccc(C(C)(C)C)cc3)cc2)C1=O. The minimum Gasteiger partial charge on any atom is -0.280 e. The van der Waals surface area contributed by atoms with Crippen LogP contribution in [0.3, 0.4) is 0 Å². The van der Waals surface area contributed by atoms with Gasteiger partial charge in [0.25, 0.3) is 10.0 Å². The summed E-state index contributed by atoms with van der Waals surface area (Å²) < 4.78 is 52.9. The van der Waals surface area contributed by atoms with Gasteiger partial charge in [0, 0.05) is 5.69 Å². The van der Waals surface area contributed by atoms with Crippen LogP contribution in [-0.2, 0) is 30.3 Å². The monoisotopic (exact) mass is 436 g/mol. The molecule has 2 aromatic carbocycles. The molecule has 1 amide bonds. The molecule has 0 spiro atoms. The van der Waals surface area contributed by atoms with E-state index in [2.05, 4.69) is 25.5 Å². The quantitative estimate of drug-likeness (QED) is 0.794. The number of benzene rings is 2. The molecule has 2 aromatic rings. The summed E-state index contributed by atoms with van der Waals surface area (Å²) in [5, 5.41) is 0. The molecule has 29 heavy (non-hydrogen) atoms. The highest BCUT2D eigenvalue weighted by Gasteiger charge is 2.41. The van der Waals surface area contributed by atoms with Crippen LogP contribution >= 0.6 is 0 Å². The van der Waals surface area contributed by atoms with Crippen LogP contribution in [0.1, 0.15) is 33.3 Å². The first-order valence-corrected chi connectivity index (χ1v) is 12.2. The van der Waals surface area contributed by atoms with Crippen molar-refractivity contribution in [2.24, 2.45) is 5.92 Å². The summed E-state index contributed by atoms with van der Waals surface area (Å²) in [7, 11) is -7.59. The minimum absolute atomic E-state index is 0.0294. The third-order valence-electron chi connectivity index (χ3n) is 4.75. The highest BCUT2D eigenvalue weighted by molar-refractivity contribution is 7.94. The van der Waals surface area contributed by atoms with Crippen molar-refractivity contribution in [1.82, 2.24) is 0 Å². The summed E-state index contributed by atoms with van der Waals surface area (Å²) in [5.74, 6) is -1.39. The molecule has 1 N–H and O–H groups in total. The largest absolute Gasteiger partial charge is 0.280 e. The maximum absolute atomic E-state index is 12.6. The lowest BCUT2D eigenvalue weighted by Gasteiger charge is -2.19. The second-order valence-electron chi connectivity index (χ2n) is 8.21. The Balaban J connectivity index is 1.83. The topological polar surface area (TPSA) is 101 Å². The fraction of sp³-hybridized carbons (Fsp3) is 0.350. The van der Waals surface area contributed by atoms with E-state index in [0.29, 0.717) is 5.69 Å². The van der Waals surface area contributed by atoms with Crippen LogP contribution in [-0.4, -0.2) is 28.5 Å². The normalized spacial score (nSPS) is 19.4. The standard InChI is InChI=1S/C20H24N2O5S2/c1-14-13-28(24,25)22(19(14)23)17-9-11-18(12-10-17)29(26,27)21-16-7-5-15(6-8-16)20(2,3)4/h5-12,14,21H,13H2,1-4H3. The number of carbonyl (C=O) groups excluding carboxylic acids is 1. The van der Waals surface area contributed by atoms with Gasteiger partial charge in [-0.3, -0.25) is 9.52 Å². The highest BCUT2D eigenvalue weighted by Crippen LogP contribution is 2.29. The Kier molecular flexibility index (Phi) is 5.25. The van der Waals surface area contributed by atoms with Gasteiger partial charge in [-0.2, -0.15) is 0 Å². The summed E-state index contributed by atoms with van der Waals surface area (Å²) >= 11 is 0. The van der Waals surface area contributed by atoms with Crippen LogP contribution in [0.25, 0.3) is 0 Å². The molecule has 9 heteroatoms. The first kappa shape index (κ1) is 21.3. The molecule has 1 aliphatic heterocycles. The van der Waals surface area contributed by atoms with Crippen LogP contribution in [0.2, 0.25) is 0 Å². The van der Waals surface area contributed by atoms with Gasteiger partial charge in [0.05, 0.1) is 22.3 Å². The average molecular weight is 437 g/mol. The number of rotatable bonds is 4. The van der Waals surface area contributed by atoms with E-state index >= 15 is 0 Å². The Morgan fingerprint density at radius 2 is 1.55 bits per heavy atom. The fourth-order valence-electron chi connectivity index (χ4n) is 3.10. The molecule has 0 radical (unpaired) electrons. The average Bonchev–Trinajstić information content (AvgIpc) is 2.81. The first-order valence-electron chi connectivity index (χ1n) is 9.11. The summed E-state index contributed by atoms with van der Waals surface area (Å²) in [6, 6.07) is 12.3. The second-order valence-corrected chi connectivity index (χ2v) is 11.8. The van der Waals surface area contributed by atoms with Crippen molar-refractivity contribution in [2.45, 2.75) is 38.0 Å². The van der Waals surface area contributed by atoms with Gasteiger partial charge in [0.2, 0.25) is 15.9 Å². The van der Waals surface area contributed by atoms with Gasteiger partial charge in [0.15, 0.2) is 0 Å². The zero-order chi connectivity index (χ0) is 21.6. The van der Waals surface area contributed by atoms with Crippen molar-refractivity contribution >= 4 is 37.3 Å². The third-order valence-corrected chi connectivity index (χ3v) is 8.01. The predicted molar refractivity (Wildman–Crippen MR) is 113 cm³/mol. The molecule has 1 atom stereocenters. The van der Waals surface area contributed by atoms with Gasteiger partial charge in [-0.1, -0.05) is 39.8 Å². The van der Waals surface area contributed by atoms with E-state index in [4.69, 9.17) is 0 Å². The fourth-order valence-corrected chi connectivity index (χ4v) is 5.98. The molecule has 1 heterocycles. The number of nitrogens with zero attached hydrogens (tertiary/aromatic N) is 1. The van der Waals surface area contributed by atoms with Gasteiger partial charge in [-0.05, 0) is 47.4 Å². The van der Waals surface area contributed by atoms with Crippen molar-refractivity contribution in [3.63, 3.8) is 0 Å². The van der Waals surface area contributed by atoms with E-state index in [1.807, 2.05) is 12.1 Å². The van der Waals surface area contributed by atoms with Crippen LogP contribution in [0.5, 0.6) is 0 Å². The van der Waals surface area contributed by atoms with E-state index in [-0.39, 0.29) is 21.8 Å². The Hall–Kier alpha value is -2.39. The van der Waals surface area contributed by atoms with Crippen LogP contribution < -0.4 is 9.03 Å². The lowest BCUT2D eigenvalue weighted by Crippen LogP contribution is -2.30. The zero-order valence-corrected chi connectivity index (χ0v) is 18.3. The molecule has 0 aliphatic carbocycles. The van der Waals surface area contributed by atoms with Gasteiger partial charge in [-0.15, -0.1) is 0 Å². The Morgan fingerprint density at radius 3 is 2.00 bits per heavy atom. The molecule has 7 nitrogen and oxygen atoms in total. The molecular formula is C20H24N2O5S2. The molecular weight excluding hydrogens is 412 g/mol. The molecule has 0 bridgehead atoms. The lowest BCUT2D eigenvalue weighted by molar-refractivity contribution is -0.119. The highest BCUT2D eigenvalue weighted by atomic mass is 32.2. The first-order chi connectivity index (χ1) is 13.3. The third kappa shape index (κ3) is 4.30. The van der Waals surface area contributed by atoms with Crippen molar-refractivity contribution in [3.8, 4) is 0 Å². The molecule has 1 aliphatic rings. The number of carbonyl (C=O) groups is 1. The van der Waals surface area contributed by atoms with Gasteiger partial charge >= 0.3 is 0 Å². The summed E-state index contributed by atoms with van der Waals surface area (Å²) in [6.07, 6.45) is 0. The smallest absolute Gasteiger partial charge is 0.261 e. The molecule has 3 rings (SSSR count). The van der Waals surface area contributed by atoms with Gasteiger partial charge in [-0.25, -0.2) is 21.1 Å². The van der Waals surface area contributed by atoms with E-state index in [9.17, 15) is 21.6 Å². The van der Waals surface area contributed by atoms with E-state index < -0.39 is 31.9 Å². The van der Waals surface area contributed by atoms with Crippen LogP contribution in [0.15, 0.2) is 53.4 Å². The maximum Gasteiger partial charge on any atom is 0.261 e. The van der Waals surface area contributed by atoms with Gasteiger partial charge in [0.1, 0.15) is 0 Å².